The van der Waals surface area contributed by atoms with Crippen LogP contribution in [0.4, 0.5) is 0 Å². The molecule has 0 aliphatic rings. The molecular formula is C12H19NO3. The monoisotopic (exact) mass is 225 g/mol. The zero-order valence-electron chi connectivity index (χ0n) is 9.34. The average molecular weight is 225 g/mol. The van der Waals surface area contributed by atoms with Gasteiger partial charge in [0.1, 0.15) is 12.4 Å². The number of nitrogens with two attached hydrogens (primary N) is 1. The minimum atomic E-state index is -0.0956. The van der Waals surface area contributed by atoms with Gasteiger partial charge in [-0.2, -0.15) is 0 Å². The van der Waals surface area contributed by atoms with Crippen LogP contribution in [0.3, 0.4) is 0 Å². The van der Waals surface area contributed by atoms with Crippen LogP contribution < -0.4 is 10.5 Å². The van der Waals surface area contributed by atoms with Gasteiger partial charge in [0.25, 0.3) is 0 Å². The molecule has 0 aliphatic heterocycles. The number of benzene rings is 1. The molecule has 0 radical (unpaired) electrons. The molecule has 0 aromatic heterocycles. The lowest BCUT2D eigenvalue weighted by Gasteiger charge is -2.11. The molecule has 1 aromatic rings. The van der Waals surface area contributed by atoms with Gasteiger partial charge in [-0.1, -0.05) is 18.2 Å². The summed E-state index contributed by atoms with van der Waals surface area (Å²) in [6.45, 7) is 1.58. The highest BCUT2D eigenvalue weighted by Gasteiger charge is 2.00. The molecule has 3 N–H and O–H groups in total. The van der Waals surface area contributed by atoms with Gasteiger partial charge in [-0.05, 0) is 18.6 Å². The Balaban J connectivity index is 2.00. The van der Waals surface area contributed by atoms with Crippen molar-refractivity contribution in [3.8, 4) is 5.75 Å². The van der Waals surface area contributed by atoms with E-state index >= 15 is 0 Å². The average Bonchev–Trinajstić information content (AvgIpc) is 2.30. The number of hydrogen-bond acceptors (Lipinski definition) is 4. The molecule has 0 heterocycles. The minimum absolute atomic E-state index is 0.0956. The Hall–Kier alpha value is -1.10. The molecule has 1 aromatic carbocycles. The Morgan fingerprint density at radius 2 is 1.94 bits per heavy atom. The summed E-state index contributed by atoms with van der Waals surface area (Å²) < 4.78 is 10.7. The standard InChI is InChI=1S/C12H19NO3/c13-11(6-7-14)10-15-8-9-16-12-4-2-1-3-5-12/h1-5,11,14H,6-10,13H2. The predicted molar refractivity (Wildman–Crippen MR) is 62.4 cm³/mol. The summed E-state index contributed by atoms with van der Waals surface area (Å²) in [7, 11) is 0. The normalized spacial score (nSPS) is 12.4. The van der Waals surface area contributed by atoms with Crippen molar-refractivity contribution in [1.29, 1.82) is 0 Å². The molecule has 0 amide bonds. The van der Waals surface area contributed by atoms with Crippen LogP contribution in [0.2, 0.25) is 0 Å². The van der Waals surface area contributed by atoms with Gasteiger partial charge in [-0.25, -0.2) is 0 Å². The molecule has 1 unspecified atom stereocenters. The van der Waals surface area contributed by atoms with Gasteiger partial charge >= 0.3 is 0 Å². The second kappa shape index (κ2) is 8.10. The van der Waals surface area contributed by atoms with Crippen molar-refractivity contribution in [2.24, 2.45) is 5.73 Å². The molecule has 1 rings (SSSR count). The van der Waals surface area contributed by atoms with Crippen LogP contribution in [0.25, 0.3) is 0 Å². The van der Waals surface area contributed by atoms with Gasteiger partial charge in [0.05, 0.1) is 13.2 Å². The van der Waals surface area contributed by atoms with Gasteiger partial charge in [0.2, 0.25) is 0 Å². The molecule has 16 heavy (non-hydrogen) atoms. The second-order valence-corrected chi connectivity index (χ2v) is 3.51. The van der Waals surface area contributed by atoms with Crippen molar-refractivity contribution < 1.29 is 14.6 Å². The maximum Gasteiger partial charge on any atom is 0.119 e. The molecule has 1 atom stereocenters. The van der Waals surface area contributed by atoms with E-state index in [9.17, 15) is 0 Å². The lowest BCUT2D eigenvalue weighted by molar-refractivity contribution is 0.0851. The fourth-order valence-corrected chi connectivity index (χ4v) is 1.22. The van der Waals surface area contributed by atoms with Crippen molar-refractivity contribution >= 4 is 0 Å². The number of para-hydroxylation sites is 1. The first-order chi connectivity index (χ1) is 7.83. The molecular weight excluding hydrogens is 206 g/mol. The van der Waals surface area contributed by atoms with Crippen LogP contribution in [-0.4, -0.2) is 37.6 Å². The molecule has 0 aliphatic carbocycles. The maximum atomic E-state index is 8.63. The quantitative estimate of drug-likeness (QED) is 0.642. The Labute approximate surface area is 96.0 Å². The van der Waals surface area contributed by atoms with Gasteiger partial charge < -0.3 is 20.3 Å². The van der Waals surface area contributed by atoms with Gasteiger partial charge in [-0.3, -0.25) is 0 Å². The molecule has 0 spiro atoms. The van der Waals surface area contributed by atoms with Gasteiger partial charge in [0, 0.05) is 12.6 Å². The van der Waals surface area contributed by atoms with E-state index in [-0.39, 0.29) is 12.6 Å². The molecule has 0 fully saturated rings. The van der Waals surface area contributed by atoms with Gasteiger partial charge in [-0.15, -0.1) is 0 Å². The first kappa shape index (κ1) is 13.0. The molecule has 90 valence electrons. The Bertz CT molecular complexity index is 266. The third-order valence-electron chi connectivity index (χ3n) is 2.07. The van der Waals surface area contributed by atoms with Crippen LogP contribution in [-0.2, 0) is 4.74 Å². The largest absolute Gasteiger partial charge is 0.491 e. The molecule has 4 heteroatoms. The van der Waals surface area contributed by atoms with E-state index in [1.54, 1.807) is 0 Å². The van der Waals surface area contributed by atoms with Crippen molar-refractivity contribution in [1.82, 2.24) is 0 Å². The lowest BCUT2D eigenvalue weighted by Crippen LogP contribution is -2.28. The number of aliphatic hydroxyl groups excluding tert-OH is 1. The summed E-state index contributed by atoms with van der Waals surface area (Å²) in [6, 6.07) is 9.49. The van der Waals surface area contributed by atoms with Crippen LogP contribution in [0.15, 0.2) is 30.3 Å². The van der Waals surface area contributed by atoms with Crippen LogP contribution in [0.5, 0.6) is 5.75 Å². The van der Waals surface area contributed by atoms with Crippen molar-refractivity contribution in [2.45, 2.75) is 12.5 Å². The van der Waals surface area contributed by atoms with Crippen LogP contribution >= 0.6 is 0 Å². The lowest BCUT2D eigenvalue weighted by atomic mass is 10.2. The fraction of sp³-hybridized carbons (Fsp3) is 0.500. The fourth-order valence-electron chi connectivity index (χ4n) is 1.22. The van der Waals surface area contributed by atoms with Crippen LogP contribution in [0, 0.1) is 0 Å². The predicted octanol–water partition coefficient (Wildman–Crippen LogP) is 0.792. The number of hydrogen-bond donors (Lipinski definition) is 2. The molecule has 0 saturated heterocycles. The zero-order chi connectivity index (χ0) is 11.6. The maximum absolute atomic E-state index is 8.63. The number of ether oxygens (including phenoxy) is 2. The van der Waals surface area contributed by atoms with E-state index in [0.29, 0.717) is 26.2 Å². The van der Waals surface area contributed by atoms with E-state index in [0.717, 1.165) is 5.75 Å². The van der Waals surface area contributed by atoms with Gasteiger partial charge in [0.15, 0.2) is 0 Å². The summed E-state index contributed by atoms with van der Waals surface area (Å²) in [6.07, 6.45) is 0.569. The van der Waals surface area contributed by atoms with E-state index in [2.05, 4.69) is 0 Å². The molecule has 4 nitrogen and oxygen atoms in total. The number of rotatable bonds is 8. The summed E-state index contributed by atoms with van der Waals surface area (Å²) in [5, 5.41) is 8.63. The minimum Gasteiger partial charge on any atom is -0.491 e. The summed E-state index contributed by atoms with van der Waals surface area (Å²) in [4.78, 5) is 0. The first-order valence-electron chi connectivity index (χ1n) is 5.45. The summed E-state index contributed by atoms with van der Waals surface area (Å²) in [5.74, 6) is 0.839. The SMILES string of the molecule is NC(CCO)COCCOc1ccccc1. The Morgan fingerprint density at radius 1 is 1.19 bits per heavy atom. The highest BCUT2D eigenvalue weighted by Crippen LogP contribution is 2.07. The molecule has 0 bridgehead atoms. The number of aliphatic hydroxyl groups is 1. The first-order valence-corrected chi connectivity index (χ1v) is 5.45. The van der Waals surface area contributed by atoms with E-state index in [4.69, 9.17) is 20.3 Å². The van der Waals surface area contributed by atoms with Crippen molar-refractivity contribution in [3.63, 3.8) is 0 Å². The highest BCUT2D eigenvalue weighted by molar-refractivity contribution is 5.20. The highest BCUT2D eigenvalue weighted by atomic mass is 16.5. The van der Waals surface area contributed by atoms with Crippen molar-refractivity contribution in [3.05, 3.63) is 30.3 Å². The smallest absolute Gasteiger partial charge is 0.119 e. The third kappa shape index (κ3) is 5.70. The van der Waals surface area contributed by atoms with E-state index in [1.807, 2.05) is 30.3 Å². The Kier molecular flexibility index (Phi) is 6.56. The van der Waals surface area contributed by atoms with E-state index < -0.39 is 0 Å². The van der Waals surface area contributed by atoms with Crippen LogP contribution in [0.1, 0.15) is 6.42 Å². The summed E-state index contributed by atoms with van der Waals surface area (Å²) in [5.41, 5.74) is 5.65. The zero-order valence-corrected chi connectivity index (χ0v) is 9.34. The molecule has 0 saturated carbocycles. The van der Waals surface area contributed by atoms with Crippen molar-refractivity contribution in [2.75, 3.05) is 26.4 Å². The topological polar surface area (TPSA) is 64.7 Å². The third-order valence-corrected chi connectivity index (χ3v) is 2.07. The van der Waals surface area contributed by atoms with E-state index in [1.165, 1.54) is 0 Å². The second-order valence-electron chi connectivity index (χ2n) is 3.51. The Morgan fingerprint density at radius 3 is 2.62 bits per heavy atom. The summed E-state index contributed by atoms with van der Waals surface area (Å²) >= 11 is 0.